The lowest BCUT2D eigenvalue weighted by atomic mass is 10.0. The fraction of sp³-hybridized carbons (Fsp3) is 0.370. The number of guanidine groups is 1. The maximum atomic E-state index is 13.4. The molecular weight excluding hydrogens is 550 g/mol. The first kappa shape index (κ1) is 33.3. The molecule has 4 atom stereocenters. The highest BCUT2D eigenvalue weighted by Crippen LogP contribution is 2.14. The number of carbonyl (C=O) groups excluding carboxylic acids is 3. The number of hydrogen-bond acceptors (Lipinski definition) is 9. The summed E-state index contributed by atoms with van der Waals surface area (Å²) in [6.07, 6.45) is 0.116. The van der Waals surface area contributed by atoms with Crippen molar-refractivity contribution >= 4 is 29.7 Å². The summed E-state index contributed by atoms with van der Waals surface area (Å²) in [5, 5.41) is 55.3. The topological polar surface area (TPSA) is 273 Å². The summed E-state index contributed by atoms with van der Waals surface area (Å²) >= 11 is 0. The summed E-state index contributed by atoms with van der Waals surface area (Å²) in [6, 6.07) is 6.43. The molecule has 42 heavy (non-hydrogen) atoms. The number of carbonyl (C=O) groups is 4. The molecule has 0 aliphatic carbocycles. The molecule has 0 fully saturated rings. The van der Waals surface area contributed by atoms with Gasteiger partial charge in [-0.1, -0.05) is 24.3 Å². The molecule has 15 heteroatoms. The van der Waals surface area contributed by atoms with Crippen LogP contribution < -0.4 is 32.7 Å². The van der Waals surface area contributed by atoms with Gasteiger partial charge in [0.2, 0.25) is 17.7 Å². The van der Waals surface area contributed by atoms with Crippen molar-refractivity contribution in [3.63, 3.8) is 0 Å². The summed E-state index contributed by atoms with van der Waals surface area (Å²) in [5.41, 5.74) is 11.9. The Morgan fingerprint density at radius 2 is 1.21 bits per heavy atom. The molecule has 15 nitrogen and oxygen atoms in total. The summed E-state index contributed by atoms with van der Waals surface area (Å²) in [5.74, 6) is -4.05. The molecular formula is C27H37N7O8. The second-order valence-corrected chi connectivity index (χ2v) is 9.53. The lowest BCUT2D eigenvalue weighted by Gasteiger charge is -2.25. The molecule has 0 saturated carbocycles. The van der Waals surface area contributed by atoms with Gasteiger partial charge in [-0.05, 0) is 48.2 Å². The Kier molecular flexibility index (Phi) is 13.0. The smallest absolute Gasteiger partial charge is 0.326 e. The molecule has 3 amide bonds. The third-order valence-electron chi connectivity index (χ3n) is 6.15. The van der Waals surface area contributed by atoms with Gasteiger partial charge in [-0.15, -0.1) is 0 Å². The maximum absolute atomic E-state index is 13.4. The Morgan fingerprint density at radius 3 is 1.69 bits per heavy atom. The number of nitrogens with one attached hydrogen (secondary N) is 5. The fourth-order valence-electron chi connectivity index (χ4n) is 3.85. The van der Waals surface area contributed by atoms with Crippen LogP contribution in [-0.2, 0) is 32.0 Å². The minimum atomic E-state index is -1.38. The number of aliphatic hydroxyl groups excluding tert-OH is 1. The average molecular weight is 588 g/mol. The zero-order chi connectivity index (χ0) is 31.2. The lowest BCUT2D eigenvalue weighted by molar-refractivity contribution is -0.142. The van der Waals surface area contributed by atoms with Crippen LogP contribution in [0.15, 0.2) is 48.5 Å². The van der Waals surface area contributed by atoms with Gasteiger partial charge in [0.1, 0.15) is 35.7 Å². The standard InChI is InChI=1S/C27H37N7O8/c28-19(14-35)23(38)32-20(2-1-11-31-27(29)30)24(39)33-21(12-15-3-7-17(36)8-4-15)25(40)34-22(26(41)42)13-16-5-9-18(37)10-6-16/h3-10,19-22,35-37H,1-2,11-14,28H2,(H,32,38)(H,33,39)(H,34,40)(H,41,42)(H4,29,30,31)/t19-,20-,21-,22-/m0/s1. The Bertz CT molecular complexity index is 1220. The van der Waals surface area contributed by atoms with E-state index in [1.807, 2.05) is 0 Å². The van der Waals surface area contributed by atoms with Gasteiger partial charge in [-0.3, -0.25) is 19.8 Å². The molecule has 2 rings (SSSR count). The summed E-state index contributed by atoms with van der Waals surface area (Å²) < 4.78 is 0. The van der Waals surface area contributed by atoms with E-state index in [0.717, 1.165) is 0 Å². The number of nitrogens with two attached hydrogens (primary N) is 2. The molecule has 0 aromatic heterocycles. The second-order valence-electron chi connectivity index (χ2n) is 9.53. The van der Waals surface area contributed by atoms with Gasteiger partial charge >= 0.3 is 5.97 Å². The molecule has 2 aromatic rings. The number of carboxylic acid groups (broad SMARTS) is 1. The number of phenolic OH excluding ortho intramolecular Hbond substituents is 2. The predicted octanol–water partition coefficient (Wildman–Crippen LogP) is -2.00. The molecule has 13 N–H and O–H groups in total. The highest BCUT2D eigenvalue weighted by Gasteiger charge is 2.30. The largest absolute Gasteiger partial charge is 0.508 e. The quantitative estimate of drug-likeness (QED) is 0.0581. The number of hydrogen-bond donors (Lipinski definition) is 11. The van der Waals surface area contributed by atoms with Crippen molar-refractivity contribution in [3.8, 4) is 11.5 Å². The van der Waals surface area contributed by atoms with Gasteiger partial charge in [0.25, 0.3) is 0 Å². The van der Waals surface area contributed by atoms with Gasteiger partial charge < -0.3 is 53.2 Å². The highest BCUT2D eigenvalue weighted by molar-refractivity contribution is 5.94. The van der Waals surface area contributed by atoms with Crippen molar-refractivity contribution in [2.45, 2.75) is 49.9 Å². The van der Waals surface area contributed by atoms with Gasteiger partial charge in [0.05, 0.1) is 6.61 Å². The Hall–Kier alpha value is -4.89. The number of aromatic hydroxyl groups is 2. The fourth-order valence-corrected chi connectivity index (χ4v) is 3.85. The van der Waals surface area contributed by atoms with E-state index < -0.39 is 54.5 Å². The lowest BCUT2D eigenvalue weighted by Crippen LogP contribution is -2.58. The molecule has 0 bridgehead atoms. The highest BCUT2D eigenvalue weighted by atomic mass is 16.4. The molecule has 0 spiro atoms. The summed E-state index contributed by atoms with van der Waals surface area (Å²) in [7, 11) is 0. The third-order valence-corrected chi connectivity index (χ3v) is 6.15. The van der Waals surface area contributed by atoms with E-state index in [1.54, 1.807) is 0 Å². The molecule has 0 aliphatic rings. The number of carboxylic acids is 1. The van der Waals surface area contributed by atoms with Crippen molar-refractivity contribution in [1.29, 1.82) is 5.41 Å². The second kappa shape index (κ2) is 16.4. The van der Waals surface area contributed by atoms with Crippen molar-refractivity contribution in [3.05, 3.63) is 59.7 Å². The Labute approximate surface area is 241 Å². The van der Waals surface area contributed by atoms with E-state index >= 15 is 0 Å². The minimum Gasteiger partial charge on any atom is -0.508 e. The van der Waals surface area contributed by atoms with Crippen LogP contribution in [0.2, 0.25) is 0 Å². The van der Waals surface area contributed by atoms with E-state index in [9.17, 15) is 39.6 Å². The zero-order valence-electron chi connectivity index (χ0n) is 22.7. The predicted molar refractivity (Wildman–Crippen MR) is 151 cm³/mol. The van der Waals surface area contributed by atoms with Crippen LogP contribution in [0, 0.1) is 5.41 Å². The molecule has 0 unspecified atom stereocenters. The molecule has 2 aromatic carbocycles. The normalized spacial score (nSPS) is 13.6. The van der Waals surface area contributed by atoms with Crippen molar-refractivity contribution in [1.82, 2.24) is 21.3 Å². The number of amides is 3. The number of rotatable bonds is 16. The number of phenols is 2. The Balaban J connectivity index is 2.27. The number of aliphatic hydroxyl groups is 1. The minimum absolute atomic E-state index is 0.00926. The molecule has 0 heterocycles. The first-order valence-electron chi connectivity index (χ1n) is 13.0. The van der Waals surface area contributed by atoms with E-state index in [1.165, 1.54) is 48.5 Å². The van der Waals surface area contributed by atoms with Crippen LogP contribution in [-0.4, -0.2) is 87.4 Å². The SMILES string of the molecule is N=C(N)NCCC[C@H](NC(=O)[C@@H](N)CO)C(=O)N[C@@H](Cc1ccc(O)cc1)C(=O)N[C@@H](Cc1ccc(O)cc1)C(=O)O. The third kappa shape index (κ3) is 11.3. The van der Waals surface area contributed by atoms with Crippen LogP contribution in [0.5, 0.6) is 11.5 Å². The first-order valence-corrected chi connectivity index (χ1v) is 13.0. The molecule has 0 radical (unpaired) electrons. The van der Waals surface area contributed by atoms with Gasteiger partial charge in [-0.2, -0.15) is 0 Å². The van der Waals surface area contributed by atoms with Crippen LogP contribution in [0.3, 0.4) is 0 Å². The number of benzene rings is 2. The van der Waals surface area contributed by atoms with Crippen LogP contribution >= 0.6 is 0 Å². The zero-order valence-corrected chi connectivity index (χ0v) is 22.7. The number of aliphatic carboxylic acids is 1. The summed E-state index contributed by atoms with van der Waals surface area (Å²) in [6.45, 7) is -0.467. The summed E-state index contributed by atoms with van der Waals surface area (Å²) in [4.78, 5) is 51.1. The average Bonchev–Trinajstić information content (AvgIpc) is 2.95. The van der Waals surface area contributed by atoms with Crippen molar-refractivity contribution < 1.29 is 39.6 Å². The van der Waals surface area contributed by atoms with Crippen LogP contribution in [0.25, 0.3) is 0 Å². The van der Waals surface area contributed by atoms with E-state index in [-0.39, 0.29) is 49.7 Å². The van der Waals surface area contributed by atoms with Crippen LogP contribution in [0.1, 0.15) is 24.0 Å². The monoisotopic (exact) mass is 587 g/mol. The van der Waals surface area contributed by atoms with Crippen LogP contribution in [0.4, 0.5) is 0 Å². The maximum Gasteiger partial charge on any atom is 0.326 e. The van der Waals surface area contributed by atoms with Gasteiger partial charge in [0, 0.05) is 19.4 Å². The van der Waals surface area contributed by atoms with E-state index in [0.29, 0.717) is 11.1 Å². The molecule has 0 aliphatic heterocycles. The Morgan fingerprint density at radius 1 is 0.762 bits per heavy atom. The first-order chi connectivity index (χ1) is 19.9. The van der Waals surface area contributed by atoms with Gasteiger partial charge in [0.15, 0.2) is 5.96 Å². The molecule has 0 saturated heterocycles. The van der Waals surface area contributed by atoms with Gasteiger partial charge in [-0.25, -0.2) is 4.79 Å². The van der Waals surface area contributed by atoms with Crippen molar-refractivity contribution in [2.24, 2.45) is 11.5 Å². The van der Waals surface area contributed by atoms with E-state index in [2.05, 4.69) is 21.3 Å². The van der Waals surface area contributed by atoms with Crippen molar-refractivity contribution in [2.75, 3.05) is 13.2 Å². The molecule has 228 valence electrons. The van der Waals surface area contributed by atoms with E-state index in [4.69, 9.17) is 16.9 Å².